The highest BCUT2D eigenvalue weighted by atomic mass is 32.2. The van der Waals surface area contributed by atoms with Crippen LogP contribution in [-0.2, 0) is 19.6 Å². The number of likely N-dealkylation sites (N-methyl/N-ethyl adjacent to an activating group) is 1. The lowest BCUT2D eigenvalue weighted by Gasteiger charge is -2.25. The van der Waals surface area contributed by atoms with Crippen molar-refractivity contribution in [2.75, 3.05) is 38.8 Å². The van der Waals surface area contributed by atoms with Crippen LogP contribution in [0.15, 0.2) is 18.2 Å². The van der Waals surface area contributed by atoms with Gasteiger partial charge in [0, 0.05) is 32.2 Å². The summed E-state index contributed by atoms with van der Waals surface area (Å²) in [7, 11) is -0.323. The van der Waals surface area contributed by atoms with Crippen molar-refractivity contribution >= 4 is 27.5 Å². The van der Waals surface area contributed by atoms with Gasteiger partial charge in [0.1, 0.15) is 5.75 Å². The minimum absolute atomic E-state index is 0.0356. The Bertz CT molecular complexity index is 747. The molecule has 0 saturated carbocycles. The largest absolute Gasteiger partial charge is 0.497 e. The van der Waals surface area contributed by atoms with Crippen LogP contribution in [0.5, 0.6) is 5.75 Å². The first-order chi connectivity index (χ1) is 11.2. The van der Waals surface area contributed by atoms with Gasteiger partial charge in [-0.25, -0.2) is 12.7 Å². The number of nitrogens with one attached hydrogen (secondary N) is 2. The van der Waals surface area contributed by atoms with Gasteiger partial charge in [-0.05, 0) is 23.8 Å². The number of carbonyl (C=O) groups is 2. The van der Waals surface area contributed by atoms with Gasteiger partial charge in [-0.1, -0.05) is 0 Å². The minimum Gasteiger partial charge on any atom is -0.497 e. The molecule has 8 nitrogen and oxygen atoms in total. The molecule has 0 bridgehead atoms. The molecular formula is C15H21N3O5S. The van der Waals surface area contributed by atoms with Crippen molar-refractivity contribution in [2.45, 2.75) is 12.3 Å². The van der Waals surface area contributed by atoms with Crippen molar-refractivity contribution in [1.29, 1.82) is 0 Å². The third-order valence-corrected chi connectivity index (χ3v) is 5.22. The number of hydrogen-bond acceptors (Lipinski definition) is 5. The molecule has 0 saturated heterocycles. The molecule has 1 heterocycles. The molecule has 9 heteroatoms. The molecule has 2 N–H and O–H groups in total. The van der Waals surface area contributed by atoms with Crippen LogP contribution in [-0.4, -0.2) is 58.0 Å². The third-order valence-electron chi connectivity index (χ3n) is 3.91. The molecule has 2 rings (SSSR count). The summed E-state index contributed by atoms with van der Waals surface area (Å²) in [6.07, 6.45) is 1.14. The summed E-state index contributed by atoms with van der Waals surface area (Å²) in [6, 6.07) is 5.13. The standard InChI is InChI=1S/C15H21N3O5S/c1-18(24(3,21)22)7-6-16-15(20)12-9-14(19)17-13-5-4-10(23-2)8-11(12)13/h4-5,8,12H,6-7,9H2,1-3H3,(H,16,20)(H,17,19)/t12-/m1/s1. The average Bonchev–Trinajstić information content (AvgIpc) is 2.52. The monoisotopic (exact) mass is 355 g/mol. The number of hydrogen-bond donors (Lipinski definition) is 2. The van der Waals surface area contributed by atoms with Crippen molar-refractivity contribution in [3.05, 3.63) is 23.8 Å². The summed E-state index contributed by atoms with van der Waals surface area (Å²) in [4.78, 5) is 24.2. The van der Waals surface area contributed by atoms with E-state index in [0.717, 1.165) is 10.6 Å². The maximum atomic E-state index is 12.4. The van der Waals surface area contributed by atoms with Gasteiger partial charge < -0.3 is 15.4 Å². The summed E-state index contributed by atoms with van der Waals surface area (Å²) in [6.45, 7) is 0.328. The van der Waals surface area contributed by atoms with Gasteiger partial charge in [0.15, 0.2) is 0 Å². The smallest absolute Gasteiger partial charge is 0.228 e. The summed E-state index contributed by atoms with van der Waals surface area (Å²) < 4.78 is 29.0. The molecule has 0 unspecified atom stereocenters. The maximum Gasteiger partial charge on any atom is 0.228 e. The highest BCUT2D eigenvalue weighted by Gasteiger charge is 2.31. The lowest BCUT2D eigenvalue weighted by Crippen LogP contribution is -2.39. The minimum atomic E-state index is -3.29. The zero-order valence-electron chi connectivity index (χ0n) is 13.8. The summed E-state index contributed by atoms with van der Waals surface area (Å²) in [5.74, 6) is -0.589. The number of nitrogens with zero attached hydrogens (tertiary/aromatic N) is 1. The van der Waals surface area contributed by atoms with E-state index in [4.69, 9.17) is 4.74 Å². The van der Waals surface area contributed by atoms with E-state index >= 15 is 0 Å². The van der Waals surface area contributed by atoms with Gasteiger partial charge >= 0.3 is 0 Å². The van der Waals surface area contributed by atoms with Gasteiger partial charge in [-0.2, -0.15) is 0 Å². The van der Waals surface area contributed by atoms with Crippen molar-refractivity contribution in [3.63, 3.8) is 0 Å². The van der Waals surface area contributed by atoms with Crippen LogP contribution in [0, 0.1) is 0 Å². The molecule has 0 aliphatic carbocycles. The summed E-state index contributed by atoms with van der Waals surface area (Å²) in [5.41, 5.74) is 1.27. The van der Waals surface area contributed by atoms with E-state index in [1.807, 2.05) is 0 Å². The van der Waals surface area contributed by atoms with Crippen LogP contribution < -0.4 is 15.4 Å². The molecule has 2 amide bonds. The maximum absolute atomic E-state index is 12.4. The normalized spacial score (nSPS) is 17.2. The fraction of sp³-hybridized carbons (Fsp3) is 0.467. The van der Waals surface area contributed by atoms with E-state index < -0.39 is 15.9 Å². The molecule has 1 aromatic carbocycles. The second-order valence-electron chi connectivity index (χ2n) is 5.63. The highest BCUT2D eigenvalue weighted by Crippen LogP contribution is 2.34. The summed E-state index contributed by atoms with van der Waals surface area (Å²) in [5, 5.41) is 5.42. The zero-order valence-corrected chi connectivity index (χ0v) is 14.6. The summed E-state index contributed by atoms with van der Waals surface area (Å²) >= 11 is 0. The second-order valence-corrected chi connectivity index (χ2v) is 7.72. The Labute approximate surface area is 141 Å². The Morgan fingerprint density at radius 2 is 2.17 bits per heavy atom. The fourth-order valence-electron chi connectivity index (χ4n) is 2.43. The Balaban J connectivity index is 2.08. The number of benzene rings is 1. The van der Waals surface area contributed by atoms with E-state index in [0.29, 0.717) is 17.0 Å². The van der Waals surface area contributed by atoms with Crippen molar-refractivity contribution in [2.24, 2.45) is 0 Å². The van der Waals surface area contributed by atoms with E-state index in [-0.39, 0.29) is 31.3 Å². The molecule has 24 heavy (non-hydrogen) atoms. The molecule has 0 aromatic heterocycles. The predicted octanol–water partition coefficient (Wildman–Crippen LogP) is 0.129. The molecule has 0 spiro atoms. The van der Waals surface area contributed by atoms with Crippen molar-refractivity contribution < 1.29 is 22.7 Å². The number of methoxy groups -OCH3 is 1. The van der Waals surface area contributed by atoms with Crippen LogP contribution in [0.2, 0.25) is 0 Å². The first-order valence-corrected chi connectivity index (χ1v) is 9.24. The van der Waals surface area contributed by atoms with Gasteiger partial charge in [0.2, 0.25) is 21.8 Å². The van der Waals surface area contributed by atoms with Crippen LogP contribution in [0.4, 0.5) is 5.69 Å². The quantitative estimate of drug-likeness (QED) is 0.755. The number of rotatable bonds is 6. The third kappa shape index (κ3) is 4.24. The van der Waals surface area contributed by atoms with Crippen LogP contribution in [0.25, 0.3) is 0 Å². The Kier molecular flexibility index (Phi) is 5.45. The molecule has 1 aliphatic heterocycles. The molecular weight excluding hydrogens is 334 g/mol. The molecule has 0 radical (unpaired) electrons. The van der Waals surface area contributed by atoms with Gasteiger partial charge in [0.05, 0.1) is 19.3 Å². The number of fused-ring (bicyclic) bond motifs is 1. The van der Waals surface area contributed by atoms with Crippen LogP contribution in [0.1, 0.15) is 17.9 Å². The Morgan fingerprint density at radius 3 is 2.79 bits per heavy atom. The van der Waals surface area contributed by atoms with Gasteiger partial charge in [-0.3, -0.25) is 9.59 Å². The number of sulfonamides is 1. The first-order valence-electron chi connectivity index (χ1n) is 7.39. The Morgan fingerprint density at radius 1 is 1.46 bits per heavy atom. The van der Waals surface area contributed by atoms with Gasteiger partial charge in [0.25, 0.3) is 0 Å². The Hall–Kier alpha value is -2.13. The van der Waals surface area contributed by atoms with E-state index in [9.17, 15) is 18.0 Å². The van der Waals surface area contributed by atoms with E-state index in [1.54, 1.807) is 18.2 Å². The molecule has 1 atom stereocenters. The predicted molar refractivity (Wildman–Crippen MR) is 89.5 cm³/mol. The number of amides is 2. The van der Waals surface area contributed by atoms with Crippen LogP contribution >= 0.6 is 0 Å². The molecule has 1 aliphatic rings. The average molecular weight is 355 g/mol. The highest BCUT2D eigenvalue weighted by molar-refractivity contribution is 7.88. The van der Waals surface area contributed by atoms with Crippen molar-refractivity contribution in [1.82, 2.24) is 9.62 Å². The lowest BCUT2D eigenvalue weighted by molar-refractivity contribution is -0.126. The number of anilines is 1. The zero-order chi connectivity index (χ0) is 17.9. The van der Waals surface area contributed by atoms with Crippen LogP contribution in [0.3, 0.4) is 0 Å². The molecule has 1 aromatic rings. The fourth-order valence-corrected chi connectivity index (χ4v) is 2.85. The van der Waals surface area contributed by atoms with Gasteiger partial charge in [-0.15, -0.1) is 0 Å². The van der Waals surface area contributed by atoms with E-state index in [1.165, 1.54) is 14.2 Å². The second kappa shape index (κ2) is 7.18. The lowest BCUT2D eigenvalue weighted by atomic mass is 9.89. The number of carbonyl (C=O) groups excluding carboxylic acids is 2. The number of ether oxygens (including phenoxy) is 1. The topological polar surface area (TPSA) is 105 Å². The molecule has 132 valence electrons. The van der Waals surface area contributed by atoms with Crippen molar-refractivity contribution in [3.8, 4) is 5.75 Å². The van der Waals surface area contributed by atoms with E-state index in [2.05, 4.69) is 10.6 Å². The SMILES string of the molecule is COc1ccc2c(c1)[C@H](C(=O)NCCN(C)S(C)(=O)=O)CC(=O)N2. The first kappa shape index (κ1) is 18.2. The molecule has 0 fully saturated rings.